The van der Waals surface area contributed by atoms with Crippen LogP contribution in [-0.4, -0.2) is 25.3 Å². The maximum Gasteiger partial charge on any atom is 0.365 e. The standard InChI is InChI=1S/C10H9NO4/c1-14-9(12)7-11-15-10(13)8-5-3-2-4-6-8/h2-7H,1H3/b11-7+. The van der Waals surface area contributed by atoms with Crippen molar-refractivity contribution in [3.63, 3.8) is 0 Å². The number of carbonyl (C=O) groups excluding carboxylic acids is 2. The Balaban J connectivity index is 2.51. The van der Waals surface area contributed by atoms with E-state index in [4.69, 9.17) is 0 Å². The van der Waals surface area contributed by atoms with E-state index in [1.54, 1.807) is 30.3 Å². The molecule has 0 aliphatic rings. The van der Waals surface area contributed by atoms with E-state index in [1.807, 2.05) is 0 Å². The van der Waals surface area contributed by atoms with Gasteiger partial charge < -0.3 is 9.57 Å². The van der Waals surface area contributed by atoms with Crippen LogP contribution in [0.25, 0.3) is 0 Å². The Morgan fingerprint density at radius 1 is 1.27 bits per heavy atom. The summed E-state index contributed by atoms with van der Waals surface area (Å²) in [5, 5.41) is 3.17. The summed E-state index contributed by atoms with van der Waals surface area (Å²) in [6.45, 7) is 0. The van der Waals surface area contributed by atoms with Crippen LogP contribution in [0.2, 0.25) is 0 Å². The average Bonchev–Trinajstić information content (AvgIpc) is 2.29. The van der Waals surface area contributed by atoms with Gasteiger partial charge in [-0.3, -0.25) is 0 Å². The molecule has 0 N–H and O–H groups in total. The molecule has 1 aromatic rings. The molecule has 0 radical (unpaired) electrons. The van der Waals surface area contributed by atoms with E-state index in [9.17, 15) is 9.59 Å². The normalized spacial score (nSPS) is 9.93. The van der Waals surface area contributed by atoms with Crippen LogP contribution >= 0.6 is 0 Å². The lowest BCUT2D eigenvalue weighted by molar-refractivity contribution is -0.132. The smallest absolute Gasteiger partial charge is 0.365 e. The number of hydrogen-bond donors (Lipinski definition) is 0. The van der Waals surface area contributed by atoms with Gasteiger partial charge in [-0.1, -0.05) is 23.4 Å². The molecule has 0 aromatic heterocycles. The summed E-state index contributed by atoms with van der Waals surface area (Å²) in [7, 11) is 1.20. The highest BCUT2D eigenvalue weighted by atomic mass is 16.7. The van der Waals surface area contributed by atoms with Crippen LogP contribution in [0.4, 0.5) is 0 Å². The van der Waals surface area contributed by atoms with Crippen LogP contribution in [0, 0.1) is 0 Å². The van der Waals surface area contributed by atoms with Crippen LogP contribution in [0.5, 0.6) is 0 Å². The Bertz CT molecular complexity index is 372. The van der Waals surface area contributed by atoms with E-state index in [0.29, 0.717) is 5.56 Å². The molecular formula is C10H9NO4. The number of carbonyl (C=O) groups is 2. The molecule has 15 heavy (non-hydrogen) atoms. The van der Waals surface area contributed by atoms with Crippen LogP contribution in [0.15, 0.2) is 35.5 Å². The zero-order valence-corrected chi connectivity index (χ0v) is 8.04. The summed E-state index contributed by atoms with van der Waals surface area (Å²) >= 11 is 0. The first-order chi connectivity index (χ1) is 7.24. The largest absolute Gasteiger partial charge is 0.465 e. The number of hydrogen-bond acceptors (Lipinski definition) is 5. The Hall–Kier alpha value is -2.17. The van der Waals surface area contributed by atoms with Crippen molar-refractivity contribution < 1.29 is 19.2 Å². The monoisotopic (exact) mass is 207 g/mol. The van der Waals surface area contributed by atoms with Crippen LogP contribution < -0.4 is 0 Å². The van der Waals surface area contributed by atoms with Crippen molar-refractivity contribution in [3.05, 3.63) is 35.9 Å². The summed E-state index contributed by atoms with van der Waals surface area (Å²) in [5.41, 5.74) is 0.361. The molecule has 0 amide bonds. The van der Waals surface area contributed by atoms with E-state index in [1.165, 1.54) is 7.11 Å². The van der Waals surface area contributed by atoms with Gasteiger partial charge in [0.25, 0.3) is 0 Å². The molecule has 0 heterocycles. The zero-order chi connectivity index (χ0) is 11.1. The van der Waals surface area contributed by atoms with Crippen molar-refractivity contribution >= 4 is 18.2 Å². The number of benzene rings is 1. The molecule has 78 valence electrons. The minimum atomic E-state index is -0.684. The SMILES string of the molecule is COC(=O)/C=N/OC(=O)c1ccccc1. The highest BCUT2D eigenvalue weighted by molar-refractivity contribution is 6.23. The van der Waals surface area contributed by atoms with Gasteiger partial charge in [-0.05, 0) is 12.1 Å². The molecule has 0 spiro atoms. The van der Waals surface area contributed by atoms with Gasteiger partial charge in [0.05, 0.1) is 12.7 Å². The van der Waals surface area contributed by atoms with Gasteiger partial charge in [0.15, 0.2) is 6.21 Å². The molecule has 0 bridgehead atoms. The molecule has 0 saturated heterocycles. The Morgan fingerprint density at radius 3 is 2.53 bits per heavy atom. The first kappa shape index (κ1) is 10.9. The first-order valence-corrected chi connectivity index (χ1v) is 4.11. The van der Waals surface area contributed by atoms with Crippen molar-refractivity contribution in [1.82, 2.24) is 0 Å². The molecule has 0 atom stereocenters. The summed E-state index contributed by atoms with van der Waals surface area (Å²) in [5.74, 6) is -1.31. The quantitative estimate of drug-likeness (QED) is 0.321. The fraction of sp³-hybridized carbons (Fsp3) is 0.100. The predicted molar refractivity (Wildman–Crippen MR) is 52.4 cm³/mol. The highest BCUT2D eigenvalue weighted by Gasteiger charge is 2.05. The lowest BCUT2D eigenvalue weighted by Crippen LogP contribution is -2.04. The highest BCUT2D eigenvalue weighted by Crippen LogP contribution is 2.00. The molecule has 1 rings (SSSR count). The molecule has 0 aliphatic heterocycles. The van der Waals surface area contributed by atoms with E-state index >= 15 is 0 Å². The van der Waals surface area contributed by atoms with Crippen molar-refractivity contribution in [2.75, 3.05) is 7.11 Å². The van der Waals surface area contributed by atoms with Gasteiger partial charge in [-0.15, -0.1) is 0 Å². The van der Waals surface area contributed by atoms with Gasteiger partial charge in [0, 0.05) is 0 Å². The zero-order valence-electron chi connectivity index (χ0n) is 8.04. The minimum absolute atomic E-state index is 0.361. The summed E-state index contributed by atoms with van der Waals surface area (Å²) in [6.07, 6.45) is 0.779. The third-order valence-corrected chi connectivity index (χ3v) is 1.50. The van der Waals surface area contributed by atoms with Gasteiger partial charge in [0.1, 0.15) is 0 Å². The van der Waals surface area contributed by atoms with E-state index in [-0.39, 0.29) is 0 Å². The topological polar surface area (TPSA) is 65.0 Å². The van der Waals surface area contributed by atoms with Gasteiger partial charge in [0.2, 0.25) is 0 Å². The fourth-order valence-electron chi connectivity index (χ4n) is 0.797. The second-order valence-electron chi connectivity index (χ2n) is 2.50. The molecule has 0 aliphatic carbocycles. The third kappa shape index (κ3) is 3.60. The molecule has 0 saturated carbocycles. The van der Waals surface area contributed by atoms with Crippen LogP contribution in [0.1, 0.15) is 10.4 Å². The van der Waals surface area contributed by atoms with Gasteiger partial charge >= 0.3 is 11.9 Å². The van der Waals surface area contributed by atoms with E-state index in [0.717, 1.165) is 6.21 Å². The lowest BCUT2D eigenvalue weighted by atomic mass is 10.2. The van der Waals surface area contributed by atoms with E-state index < -0.39 is 11.9 Å². The molecule has 5 heteroatoms. The third-order valence-electron chi connectivity index (χ3n) is 1.50. The van der Waals surface area contributed by atoms with Crippen molar-refractivity contribution in [3.8, 4) is 0 Å². The number of nitrogens with zero attached hydrogens (tertiary/aromatic N) is 1. The average molecular weight is 207 g/mol. The first-order valence-electron chi connectivity index (χ1n) is 4.11. The Labute approximate surface area is 86.3 Å². The summed E-state index contributed by atoms with van der Waals surface area (Å²) in [4.78, 5) is 26.2. The number of rotatable bonds is 3. The molecule has 5 nitrogen and oxygen atoms in total. The van der Waals surface area contributed by atoms with Crippen molar-refractivity contribution in [1.29, 1.82) is 0 Å². The van der Waals surface area contributed by atoms with Crippen LogP contribution in [0.3, 0.4) is 0 Å². The van der Waals surface area contributed by atoms with Crippen LogP contribution in [-0.2, 0) is 14.4 Å². The number of methoxy groups -OCH3 is 1. The molecule has 0 fully saturated rings. The second kappa shape index (κ2) is 5.54. The van der Waals surface area contributed by atoms with Crippen molar-refractivity contribution in [2.24, 2.45) is 5.16 Å². The fourth-order valence-corrected chi connectivity index (χ4v) is 0.797. The number of esters is 1. The number of ether oxygens (including phenoxy) is 1. The summed E-state index contributed by atoms with van der Waals surface area (Å²) < 4.78 is 4.26. The van der Waals surface area contributed by atoms with Crippen molar-refractivity contribution in [2.45, 2.75) is 0 Å². The Morgan fingerprint density at radius 2 is 1.93 bits per heavy atom. The van der Waals surface area contributed by atoms with E-state index in [2.05, 4.69) is 14.7 Å². The summed E-state index contributed by atoms with van der Waals surface area (Å²) in [6, 6.07) is 8.32. The number of oxime groups is 1. The van der Waals surface area contributed by atoms with Gasteiger partial charge in [-0.25, -0.2) is 9.59 Å². The maximum atomic E-state index is 11.2. The second-order valence-corrected chi connectivity index (χ2v) is 2.50. The minimum Gasteiger partial charge on any atom is -0.465 e. The Kier molecular flexibility index (Phi) is 4.03. The lowest BCUT2D eigenvalue weighted by Gasteiger charge is -1.95. The predicted octanol–water partition coefficient (Wildman–Crippen LogP) is 1.00. The molecular weight excluding hydrogens is 198 g/mol. The van der Waals surface area contributed by atoms with Gasteiger partial charge in [-0.2, -0.15) is 0 Å². The molecule has 1 aromatic carbocycles. The molecule has 0 unspecified atom stereocenters. The maximum absolute atomic E-state index is 11.2.